The average molecular weight is 492 g/mol. The first-order chi connectivity index (χ1) is 15.2. The van der Waals surface area contributed by atoms with Gasteiger partial charge in [0, 0.05) is 22.5 Å². The van der Waals surface area contributed by atoms with Crippen molar-refractivity contribution < 1.29 is 36.2 Å². The van der Waals surface area contributed by atoms with Crippen LogP contribution in [0.15, 0.2) is 53.3 Å². The maximum atomic E-state index is 13.0. The Morgan fingerprint density at radius 2 is 1.70 bits per heavy atom. The SMILES string of the molecule is CC1=NC(CNC(=O)c2cc(C(F)(F)F)cc(C(F)(F)F)c2)=CN(c2cc(Cl)ccc2O)C1. The van der Waals surface area contributed by atoms with Crippen molar-refractivity contribution in [2.24, 2.45) is 4.99 Å². The van der Waals surface area contributed by atoms with Crippen LogP contribution >= 0.6 is 11.6 Å². The molecule has 1 amide bonds. The van der Waals surface area contributed by atoms with Gasteiger partial charge in [0.25, 0.3) is 5.91 Å². The molecule has 2 N–H and O–H groups in total. The Morgan fingerprint density at radius 1 is 1.09 bits per heavy atom. The first kappa shape index (κ1) is 24.4. The lowest BCUT2D eigenvalue weighted by Gasteiger charge is -2.26. The molecule has 1 aliphatic heterocycles. The van der Waals surface area contributed by atoms with E-state index in [1.54, 1.807) is 11.8 Å². The predicted molar refractivity (Wildman–Crippen MR) is 110 cm³/mol. The minimum absolute atomic E-state index is 0.0521. The molecule has 2 aromatic rings. The number of halogens is 7. The molecule has 33 heavy (non-hydrogen) atoms. The normalized spacial score (nSPS) is 14.6. The van der Waals surface area contributed by atoms with E-state index in [0.29, 0.717) is 28.6 Å². The molecule has 0 fully saturated rings. The molecule has 0 saturated carbocycles. The van der Waals surface area contributed by atoms with Crippen LogP contribution in [0.4, 0.5) is 32.0 Å². The summed E-state index contributed by atoms with van der Waals surface area (Å²) in [6, 6.07) is 5.03. The van der Waals surface area contributed by atoms with E-state index in [1.165, 1.54) is 24.4 Å². The molecule has 0 unspecified atom stereocenters. The van der Waals surface area contributed by atoms with Gasteiger partial charge in [-0.1, -0.05) is 11.6 Å². The zero-order chi connectivity index (χ0) is 24.6. The van der Waals surface area contributed by atoms with Gasteiger partial charge in [-0.05, 0) is 43.3 Å². The molecule has 3 rings (SSSR count). The molecule has 176 valence electrons. The monoisotopic (exact) mass is 491 g/mol. The summed E-state index contributed by atoms with van der Waals surface area (Å²) >= 11 is 5.96. The van der Waals surface area contributed by atoms with Crippen molar-refractivity contribution in [1.82, 2.24) is 5.32 Å². The van der Waals surface area contributed by atoms with Crippen LogP contribution in [0.2, 0.25) is 5.02 Å². The van der Waals surface area contributed by atoms with Gasteiger partial charge in [-0.3, -0.25) is 9.79 Å². The largest absolute Gasteiger partial charge is 0.506 e. The second kappa shape index (κ2) is 8.97. The highest BCUT2D eigenvalue weighted by molar-refractivity contribution is 6.31. The van der Waals surface area contributed by atoms with Gasteiger partial charge in [0.1, 0.15) is 5.75 Å². The number of carbonyl (C=O) groups is 1. The molecular formula is C21H16ClF6N3O2. The van der Waals surface area contributed by atoms with E-state index in [9.17, 15) is 36.2 Å². The Morgan fingerprint density at radius 3 is 2.27 bits per heavy atom. The summed E-state index contributed by atoms with van der Waals surface area (Å²) in [5.41, 5.74) is -2.77. The van der Waals surface area contributed by atoms with Gasteiger partial charge in [0.15, 0.2) is 0 Å². The predicted octanol–water partition coefficient (Wildman–Crippen LogP) is 5.64. The molecule has 0 spiro atoms. The Kier molecular flexibility index (Phi) is 6.64. The van der Waals surface area contributed by atoms with Gasteiger partial charge in [0.05, 0.1) is 35.6 Å². The lowest BCUT2D eigenvalue weighted by Crippen LogP contribution is -2.31. The fourth-order valence-corrected chi connectivity index (χ4v) is 3.27. The molecule has 2 aromatic carbocycles. The van der Waals surface area contributed by atoms with Crippen LogP contribution in [0.5, 0.6) is 5.75 Å². The number of aromatic hydroxyl groups is 1. The van der Waals surface area contributed by atoms with Crippen LogP contribution in [0.3, 0.4) is 0 Å². The van der Waals surface area contributed by atoms with E-state index in [0.717, 1.165) is 0 Å². The van der Waals surface area contributed by atoms with Crippen LogP contribution in [-0.4, -0.2) is 29.8 Å². The molecule has 0 aromatic heterocycles. The van der Waals surface area contributed by atoms with Crippen LogP contribution in [0.25, 0.3) is 0 Å². The van der Waals surface area contributed by atoms with E-state index >= 15 is 0 Å². The number of amides is 1. The quantitative estimate of drug-likeness (QED) is 0.544. The molecule has 5 nitrogen and oxygen atoms in total. The van der Waals surface area contributed by atoms with Crippen LogP contribution in [0, 0.1) is 0 Å². The third kappa shape index (κ3) is 5.98. The lowest BCUT2D eigenvalue weighted by atomic mass is 10.0. The van der Waals surface area contributed by atoms with Crippen molar-refractivity contribution in [3.05, 3.63) is 70.0 Å². The molecular weight excluding hydrogens is 476 g/mol. The molecule has 0 atom stereocenters. The van der Waals surface area contributed by atoms with E-state index in [2.05, 4.69) is 10.3 Å². The smallest absolute Gasteiger partial charge is 0.416 e. The Hall–Kier alpha value is -3.21. The Bertz CT molecular complexity index is 1110. The van der Waals surface area contributed by atoms with Crippen molar-refractivity contribution >= 4 is 28.9 Å². The number of anilines is 1. The summed E-state index contributed by atoms with van der Waals surface area (Å²) in [6.45, 7) is 1.67. The number of benzene rings is 2. The number of hydrogen-bond donors (Lipinski definition) is 2. The molecule has 0 aliphatic carbocycles. The first-order valence-electron chi connectivity index (χ1n) is 9.32. The highest BCUT2D eigenvalue weighted by Gasteiger charge is 2.37. The fraction of sp³-hybridized carbons (Fsp3) is 0.238. The molecule has 1 heterocycles. The summed E-state index contributed by atoms with van der Waals surface area (Å²) in [5.74, 6) is -1.21. The standard InChI is InChI=1S/C21H16ClF6N3O2/c1-11-9-31(17-7-15(22)2-3-18(17)32)10-16(30-11)8-29-19(33)12-4-13(20(23,24)25)6-14(5-12)21(26,27)28/h2-7,10,32H,8-9H2,1H3,(H,29,33). The number of nitrogens with one attached hydrogen (secondary N) is 1. The van der Waals surface area contributed by atoms with Crippen LogP contribution in [0.1, 0.15) is 28.4 Å². The van der Waals surface area contributed by atoms with Crippen molar-refractivity contribution in [3.8, 4) is 5.75 Å². The second-order valence-corrected chi connectivity index (χ2v) is 7.64. The lowest BCUT2D eigenvalue weighted by molar-refractivity contribution is -0.143. The topological polar surface area (TPSA) is 64.9 Å². The average Bonchev–Trinajstić information content (AvgIpc) is 2.71. The van der Waals surface area contributed by atoms with Gasteiger partial charge >= 0.3 is 12.4 Å². The minimum Gasteiger partial charge on any atom is -0.506 e. The number of aliphatic imine (C=N–C) groups is 1. The molecule has 1 aliphatic rings. The number of carbonyl (C=O) groups excluding carboxylic acids is 1. The van der Waals surface area contributed by atoms with Crippen LogP contribution < -0.4 is 10.2 Å². The van der Waals surface area contributed by atoms with Crippen molar-refractivity contribution in [3.63, 3.8) is 0 Å². The van der Waals surface area contributed by atoms with Crippen molar-refractivity contribution in [2.75, 3.05) is 18.0 Å². The van der Waals surface area contributed by atoms with E-state index in [1.807, 2.05) is 0 Å². The van der Waals surface area contributed by atoms with Gasteiger partial charge in [0.2, 0.25) is 0 Å². The van der Waals surface area contributed by atoms with E-state index in [4.69, 9.17) is 11.6 Å². The van der Waals surface area contributed by atoms with Crippen molar-refractivity contribution in [2.45, 2.75) is 19.3 Å². The van der Waals surface area contributed by atoms with Crippen molar-refractivity contribution in [1.29, 1.82) is 0 Å². The van der Waals surface area contributed by atoms with Crippen LogP contribution in [-0.2, 0) is 12.4 Å². The minimum atomic E-state index is -5.07. The number of alkyl halides is 6. The first-order valence-corrected chi connectivity index (χ1v) is 9.69. The maximum Gasteiger partial charge on any atom is 0.416 e. The Labute approximate surface area is 189 Å². The number of rotatable bonds is 4. The summed E-state index contributed by atoms with van der Waals surface area (Å²) in [5, 5.41) is 12.7. The number of phenolic OH excluding ortho intramolecular Hbond substituents is 1. The summed E-state index contributed by atoms with van der Waals surface area (Å²) < 4.78 is 78.1. The van der Waals surface area contributed by atoms with E-state index < -0.39 is 35.0 Å². The molecule has 0 radical (unpaired) electrons. The number of hydrogen-bond acceptors (Lipinski definition) is 4. The number of nitrogens with zero attached hydrogens (tertiary/aromatic N) is 2. The third-order valence-electron chi connectivity index (χ3n) is 4.57. The zero-order valence-corrected chi connectivity index (χ0v) is 17.6. The highest BCUT2D eigenvalue weighted by atomic mass is 35.5. The fourth-order valence-electron chi connectivity index (χ4n) is 3.11. The number of phenols is 1. The van der Waals surface area contributed by atoms with Gasteiger partial charge in [-0.15, -0.1) is 0 Å². The molecule has 0 bridgehead atoms. The summed E-state index contributed by atoms with van der Waals surface area (Å²) in [6.07, 6.45) is -8.65. The molecule has 12 heteroatoms. The van der Waals surface area contributed by atoms with Gasteiger partial charge in [-0.2, -0.15) is 26.3 Å². The third-order valence-corrected chi connectivity index (χ3v) is 4.80. The summed E-state index contributed by atoms with van der Waals surface area (Å²) in [4.78, 5) is 18.2. The molecule has 0 saturated heterocycles. The maximum absolute atomic E-state index is 13.0. The van der Waals surface area contributed by atoms with Gasteiger partial charge < -0.3 is 15.3 Å². The highest BCUT2D eigenvalue weighted by Crippen LogP contribution is 2.36. The van der Waals surface area contributed by atoms with Gasteiger partial charge in [-0.25, -0.2) is 0 Å². The van der Waals surface area contributed by atoms with E-state index in [-0.39, 0.29) is 30.6 Å². The summed E-state index contributed by atoms with van der Waals surface area (Å²) in [7, 11) is 0. The zero-order valence-electron chi connectivity index (χ0n) is 16.9. The Balaban J connectivity index is 1.84. The second-order valence-electron chi connectivity index (χ2n) is 7.21.